The Bertz CT molecular complexity index is 886. The van der Waals surface area contributed by atoms with Gasteiger partial charge < -0.3 is 26.2 Å². The molecule has 0 radical (unpaired) electrons. The molecule has 7 nitrogen and oxygen atoms in total. The van der Waals surface area contributed by atoms with Crippen LogP contribution in [0.3, 0.4) is 0 Å². The first-order chi connectivity index (χ1) is 13.5. The second kappa shape index (κ2) is 8.76. The van der Waals surface area contributed by atoms with E-state index in [-0.39, 0.29) is 22.9 Å². The lowest BCUT2D eigenvalue weighted by molar-refractivity contribution is -0.114. The molecule has 28 heavy (non-hydrogen) atoms. The Balaban J connectivity index is 2.01. The van der Waals surface area contributed by atoms with Crippen LogP contribution in [-0.2, 0) is 4.79 Å². The summed E-state index contributed by atoms with van der Waals surface area (Å²) in [7, 11) is 0. The summed E-state index contributed by atoms with van der Waals surface area (Å²) < 4.78 is 38.6. The fraction of sp³-hybridized carbons (Fsp3) is 0.294. The Morgan fingerprint density at radius 3 is 2.68 bits per heavy atom. The Morgan fingerprint density at radius 2 is 2.04 bits per heavy atom. The number of hydrogen-bond donors (Lipinski definition) is 3. The summed E-state index contributed by atoms with van der Waals surface area (Å²) in [4.78, 5) is 13.4. The Morgan fingerprint density at radius 1 is 1.32 bits per heavy atom. The van der Waals surface area contributed by atoms with E-state index in [1.165, 1.54) is 17.2 Å². The third-order valence-corrected chi connectivity index (χ3v) is 5.81. The molecule has 0 bridgehead atoms. The average Bonchev–Trinajstić information content (AvgIpc) is 3.22. The summed E-state index contributed by atoms with van der Waals surface area (Å²) in [5.41, 5.74) is 11.5. The smallest absolute Gasteiger partial charge is 0.268 e. The second-order valence-corrected chi connectivity index (χ2v) is 7.72. The van der Waals surface area contributed by atoms with Crippen LogP contribution in [0, 0.1) is 11.6 Å². The van der Waals surface area contributed by atoms with E-state index in [2.05, 4.69) is 4.37 Å². The van der Waals surface area contributed by atoms with Gasteiger partial charge in [0.25, 0.3) is 5.91 Å². The van der Waals surface area contributed by atoms with Gasteiger partial charge in [-0.25, -0.2) is 8.78 Å². The number of ether oxygens (including phenoxy) is 1. The molecule has 150 valence electrons. The van der Waals surface area contributed by atoms with Gasteiger partial charge >= 0.3 is 0 Å². The SMILES string of the molecule is NC(=O)C1=C(N)SC(c2c(F)cccc2F)N1c1cnsc1OCCCCO. The van der Waals surface area contributed by atoms with Crippen LogP contribution in [0.25, 0.3) is 0 Å². The number of anilines is 1. The molecule has 0 aliphatic carbocycles. The van der Waals surface area contributed by atoms with Crippen molar-refractivity contribution < 1.29 is 23.4 Å². The van der Waals surface area contributed by atoms with E-state index in [1.807, 2.05) is 0 Å². The van der Waals surface area contributed by atoms with Crippen molar-refractivity contribution in [2.75, 3.05) is 18.1 Å². The molecule has 0 saturated carbocycles. The first kappa shape index (κ1) is 20.4. The molecule has 11 heteroatoms. The van der Waals surface area contributed by atoms with E-state index in [0.29, 0.717) is 30.2 Å². The molecule has 1 aromatic heterocycles. The van der Waals surface area contributed by atoms with Crippen LogP contribution in [0.5, 0.6) is 5.06 Å². The lowest BCUT2D eigenvalue weighted by atomic mass is 10.1. The maximum atomic E-state index is 14.4. The van der Waals surface area contributed by atoms with Crippen LogP contribution < -0.4 is 21.1 Å². The monoisotopic (exact) mass is 428 g/mol. The molecule has 1 unspecified atom stereocenters. The fourth-order valence-corrected chi connectivity index (χ4v) is 4.60. The van der Waals surface area contributed by atoms with Crippen LogP contribution in [0.15, 0.2) is 35.1 Å². The lowest BCUT2D eigenvalue weighted by Gasteiger charge is -2.27. The number of nitrogens with zero attached hydrogens (tertiary/aromatic N) is 2. The molecule has 0 fully saturated rings. The number of aromatic nitrogens is 1. The average molecular weight is 428 g/mol. The number of halogens is 2. The quantitative estimate of drug-likeness (QED) is 0.553. The zero-order chi connectivity index (χ0) is 20.3. The molecule has 1 atom stereocenters. The summed E-state index contributed by atoms with van der Waals surface area (Å²) in [6.07, 6.45) is 2.60. The number of carbonyl (C=O) groups is 1. The number of aliphatic hydroxyl groups is 1. The van der Waals surface area contributed by atoms with Crippen molar-refractivity contribution in [3.63, 3.8) is 0 Å². The van der Waals surface area contributed by atoms with Crippen LogP contribution in [0.1, 0.15) is 23.8 Å². The van der Waals surface area contributed by atoms with Crippen LogP contribution in [0.2, 0.25) is 0 Å². The highest BCUT2D eigenvalue weighted by molar-refractivity contribution is 8.03. The zero-order valence-corrected chi connectivity index (χ0v) is 16.2. The lowest BCUT2D eigenvalue weighted by Crippen LogP contribution is -2.31. The molecular weight excluding hydrogens is 410 g/mol. The van der Waals surface area contributed by atoms with Crippen molar-refractivity contribution >= 4 is 34.9 Å². The minimum atomic E-state index is -0.986. The Kier molecular flexibility index (Phi) is 6.37. The van der Waals surface area contributed by atoms with Gasteiger partial charge in [0.05, 0.1) is 23.4 Å². The van der Waals surface area contributed by atoms with Crippen molar-refractivity contribution in [1.82, 2.24) is 4.37 Å². The van der Waals surface area contributed by atoms with Crippen molar-refractivity contribution in [1.29, 1.82) is 0 Å². The number of amides is 1. The van der Waals surface area contributed by atoms with E-state index >= 15 is 0 Å². The normalized spacial score (nSPS) is 16.7. The summed E-state index contributed by atoms with van der Waals surface area (Å²) >= 11 is 1.95. The topological polar surface area (TPSA) is 115 Å². The molecule has 1 aromatic carbocycles. The van der Waals surface area contributed by atoms with Crippen LogP contribution in [0.4, 0.5) is 14.5 Å². The number of benzene rings is 1. The first-order valence-corrected chi connectivity index (χ1v) is 9.98. The van der Waals surface area contributed by atoms with E-state index in [4.69, 9.17) is 21.3 Å². The molecule has 1 aliphatic rings. The summed E-state index contributed by atoms with van der Waals surface area (Å²) in [5.74, 6) is -2.37. The molecule has 0 saturated heterocycles. The highest BCUT2D eigenvalue weighted by atomic mass is 32.2. The third-order valence-electron chi connectivity index (χ3n) is 3.99. The molecule has 2 heterocycles. The van der Waals surface area contributed by atoms with Crippen LogP contribution in [-0.4, -0.2) is 28.6 Å². The second-order valence-electron chi connectivity index (χ2n) is 5.83. The maximum absolute atomic E-state index is 14.4. The van der Waals surface area contributed by atoms with E-state index < -0.39 is 22.9 Å². The number of nitrogens with two attached hydrogens (primary N) is 2. The van der Waals surface area contributed by atoms with E-state index in [0.717, 1.165) is 35.4 Å². The zero-order valence-electron chi connectivity index (χ0n) is 14.6. The van der Waals surface area contributed by atoms with Gasteiger partial charge in [-0.3, -0.25) is 4.79 Å². The van der Waals surface area contributed by atoms with E-state index in [1.54, 1.807) is 0 Å². The predicted octanol–water partition coefficient (Wildman–Crippen LogP) is 2.44. The highest BCUT2D eigenvalue weighted by Crippen LogP contribution is 2.52. The summed E-state index contributed by atoms with van der Waals surface area (Å²) in [5, 5.41) is 8.29. The highest BCUT2D eigenvalue weighted by Gasteiger charge is 2.41. The molecule has 1 amide bonds. The minimum Gasteiger partial charge on any atom is -0.481 e. The molecule has 0 spiro atoms. The third kappa shape index (κ3) is 3.91. The first-order valence-electron chi connectivity index (χ1n) is 8.33. The fourth-order valence-electron chi connectivity index (χ4n) is 2.75. The van der Waals surface area contributed by atoms with Crippen molar-refractivity contribution in [3.05, 3.63) is 52.3 Å². The standard InChI is InChI=1S/C17H18F2N4O3S2/c18-9-4-3-5-10(19)12(9)16-23(13(14(20)25)15(21)27-16)11-8-22-28-17(11)26-7-2-1-6-24/h3-5,8,16,24H,1-2,6-7,21H2,(H2,20,25). The van der Waals surface area contributed by atoms with Crippen molar-refractivity contribution in [3.8, 4) is 5.06 Å². The van der Waals surface area contributed by atoms with Crippen LogP contribution >= 0.6 is 23.3 Å². The minimum absolute atomic E-state index is 0.0431. The molecule has 2 aromatic rings. The molecule has 3 rings (SSSR count). The van der Waals surface area contributed by atoms with Gasteiger partial charge in [0.15, 0.2) is 0 Å². The number of rotatable bonds is 8. The number of carbonyl (C=O) groups excluding carboxylic acids is 1. The molecular formula is C17H18F2N4O3S2. The number of hydrogen-bond acceptors (Lipinski definition) is 8. The molecule has 5 N–H and O–H groups in total. The molecule has 1 aliphatic heterocycles. The Labute approximate surface area is 168 Å². The van der Waals surface area contributed by atoms with Crippen molar-refractivity contribution in [2.24, 2.45) is 11.5 Å². The Hall–Kier alpha value is -2.37. The number of aliphatic hydroxyl groups excluding tert-OH is 1. The summed E-state index contributed by atoms with van der Waals surface area (Å²) in [6, 6.07) is 3.52. The van der Waals surface area contributed by atoms with Gasteiger partial charge in [-0.15, -0.1) is 0 Å². The van der Waals surface area contributed by atoms with Gasteiger partial charge in [-0.1, -0.05) is 17.8 Å². The number of primary amides is 1. The number of unbranched alkanes of at least 4 members (excludes halogenated alkanes) is 1. The van der Waals surface area contributed by atoms with Gasteiger partial charge in [0, 0.05) is 18.1 Å². The van der Waals surface area contributed by atoms with Crippen molar-refractivity contribution in [2.45, 2.75) is 18.2 Å². The van der Waals surface area contributed by atoms with Gasteiger partial charge in [0.1, 0.15) is 28.4 Å². The predicted molar refractivity (Wildman–Crippen MR) is 104 cm³/mol. The van der Waals surface area contributed by atoms with Gasteiger partial charge in [-0.2, -0.15) is 4.37 Å². The summed E-state index contributed by atoms with van der Waals surface area (Å²) in [6.45, 7) is 0.349. The van der Waals surface area contributed by atoms with E-state index in [9.17, 15) is 13.6 Å². The van der Waals surface area contributed by atoms with Gasteiger partial charge in [0.2, 0.25) is 5.06 Å². The largest absolute Gasteiger partial charge is 0.481 e. The maximum Gasteiger partial charge on any atom is 0.268 e. The van der Waals surface area contributed by atoms with Gasteiger partial charge in [-0.05, 0) is 25.0 Å². The number of thioether (sulfide) groups is 1.